The Morgan fingerprint density at radius 2 is 1.66 bits per heavy atom. The number of nitriles is 1. The van der Waals surface area contributed by atoms with E-state index in [1.807, 2.05) is 17.8 Å². The molecule has 1 aliphatic rings. The fourth-order valence-corrected chi connectivity index (χ4v) is 6.71. The van der Waals surface area contributed by atoms with Crippen LogP contribution in [0.4, 0.5) is 0 Å². The number of hydrogen-bond donors (Lipinski definition) is 1. The molecule has 1 aromatic heterocycles. The molecule has 1 N–H and O–H groups in total. The molecule has 1 heterocycles. The van der Waals surface area contributed by atoms with E-state index >= 15 is 0 Å². The van der Waals surface area contributed by atoms with Crippen LogP contribution in [0.2, 0.25) is 0 Å². The molecule has 0 saturated heterocycles. The Morgan fingerprint density at radius 3 is 2.34 bits per heavy atom. The maximum Gasteiger partial charge on any atom is 0.224 e. The fourth-order valence-electron chi connectivity index (χ4n) is 4.10. The third-order valence-corrected chi connectivity index (χ3v) is 8.72. The lowest BCUT2D eigenvalue weighted by Crippen LogP contribution is -2.37. The van der Waals surface area contributed by atoms with Gasteiger partial charge in [0.1, 0.15) is 6.54 Å². The van der Waals surface area contributed by atoms with E-state index in [-0.39, 0.29) is 18.4 Å². The maximum atomic E-state index is 12.4. The van der Waals surface area contributed by atoms with E-state index in [9.17, 15) is 4.79 Å². The van der Waals surface area contributed by atoms with Gasteiger partial charge in [-0.05, 0) is 83.1 Å². The number of benzene rings is 2. The summed E-state index contributed by atoms with van der Waals surface area (Å²) in [6, 6.07) is 21.6. The summed E-state index contributed by atoms with van der Waals surface area (Å²) in [5.74, 6) is 1.41. The Balaban J connectivity index is 1.30. The largest absolute Gasteiger partial charge is 0.343 e. The molecule has 1 aliphatic carbocycles. The van der Waals surface area contributed by atoms with Gasteiger partial charge in [0.25, 0.3) is 0 Å². The number of nitrogens with zero attached hydrogens (tertiary/aromatic N) is 1. The first-order valence-electron chi connectivity index (χ1n) is 10.9. The smallest absolute Gasteiger partial charge is 0.224 e. The lowest BCUT2D eigenvalue weighted by molar-refractivity contribution is -0.127. The third kappa shape index (κ3) is 6.19. The van der Waals surface area contributed by atoms with Crippen molar-refractivity contribution in [2.24, 2.45) is 11.8 Å². The molecule has 3 aromatic rings. The molecule has 2 aromatic carbocycles. The standard InChI is InChI=1S/C26H26N2OS3/c27-14-15-28-26(29)25-4-2-1-3-21(25)18-31-22-9-11-24(12-10-22)32-23-7-5-19(6-8-23)20-13-16-30-17-20/h5-13,16-17,21,25H,1-4,15,18H2,(H,28,29). The lowest BCUT2D eigenvalue weighted by Gasteiger charge is -2.30. The summed E-state index contributed by atoms with van der Waals surface area (Å²) in [5, 5.41) is 15.8. The normalized spacial score (nSPS) is 18.1. The van der Waals surface area contributed by atoms with Crippen molar-refractivity contribution in [3.8, 4) is 17.2 Å². The zero-order valence-corrected chi connectivity index (χ0v) is 20.3. The van der Waals surface area contributed by atoms with Gasteiger partial charge in [0.2, 0.25) is 5.91 Å². The van der Waals surface area contributed by atoms with E-state index in [2.05, 4.69) is 70.7 Å². The lowest BCUT2D eigenvalue weighted by atomic mass is 9.80. The second-order valence-electron chi connectivity index (χ2n) is 7.95. The van der Waals surface area contributed by atoms with Gasteiger partial charge >= 0.3 is 0 Å². The Kier molecular flexibility index (Phi) is 8.33. The van der Waals surface area contributed by atoms with E-state index in [1.54, 1.807) is 23.1 Å². The van der Waals surface area contributed by atoms with Gasteiger partial charge < -0.3 is 5.32 Å². The van der Waals surface area contributed by atoms with E-state index in [0.717, 1.165) is 25.0 Å². The minimum atomic E-state index is 0.0384. The number of thioether (sulfide) groups is 1. The quantitative estimate of drug-likeness (QED) is 0.277. The van der Waals surface area contributed by atoms with Crippen LogP contribution in [0.5, 0.6) is 0 Å². The highest BCUT2D eigenvalue weighted by Crippen LogP contribution is 2.36. The van der Waals surface area contributed by atoms with E-state index < -0.39 is 0 Å². The maximum absolute atomic E-state index is 12.4. The second-order valence-corrected chi connectivity index (χ2v) is 11.0. The first-order valence-corrected chi connectivity index (χ1v) is 13.7. The van der Waals surface area contributed by atoms with Crippen molar-refractivity contribution in [3.63, 3.8) is 0 Å². The number of nitrogens with one attached hydrogen (secondary N) is 1. The van der Waals surface area contributed by atoms with Gasteiger partial charge in [0.15, 0.2) is 0 Å². The summed E-state index contributed by atoms with van der Waals surface area (Å²) >= 11 is 5.33. The molecule has 6 heteroatoms. The van der Waals surface area contributed by atoms with Crippen molar-refractivity contribution in [1.82, 2.24) is 5.32 Å². The third-order valence-electron chi connectivity index (χ3n) is 5.82. The number of thiophene rings is 1. The number of amides is 1. The topological polar surface area (TPSA) is 52.9 Å². The van der Waals surface area contributed by atoms with Gasteiger partial charge in [-0.2, -0.15) is 16.6 Å². The van der Waals surface area contributed by atoms with Gasteiger partial charge in [0.05, 0.1) is 6.07 Å². The van der Waals surface area contributed by atoms with E-state index in [0.29, 0.717) is 5.92 Å². The summed E-state index contributed by atoms with van der Waals surface area (Å²) in [7, 11) is 0. The molecule has 32 heavy (non-hydrogen) atoms. The van der Waals surface area contributed by atoms with Crippen LogP contribution in [-0.4, -0.2) is 18.2 Å². The van der Waals surface area contributed by atoms with Crippen LogP contribution >= 0.6 is 34.9 Å². The summed E-state index contributed by atoms with van der Waals surface area (Å²) in [5.41, 5.74) is 2.53. The molecule has 0 bridgehead atoms. The molecule has 0 aliphatic heterocycles. The van der Waals surface area contributed by atoms with Gasteiger partial charge in [-0.1, -0.05) is 36.7 Å². The first-order chi connectivity index (χ1) is 15.7. The Hall–Kier alpha value is -2.20. The van der Waals surface area contributed by atoms with Crippen molar-refractivity contribution in [2.45, 2.75) is 40.4 Å². The van der Waals surface area contributed by atoms with Crippen LogP contribution in [0.3, 0.4) is 0 Å². The van der Waals surface area contributed by atoms with Crippen LogP contribution < -0.4 is 5.32 Å². The zero-order valence-electron chi connectivity index (χ0n) is 17.8. The van der Waals surface area contributed by atoms with Crippen molar-refractivity contribution >= 4 is 40.8 Å². The summed E-state index contributed by atoms with van der Waals surface area (Å²) in [6.07, 6.45) is 4.32. The first kappa shape index (κ1) is 23.0. The average Bonchev–Trinajstić information content (AvgIpc) is 3.38. The molecule has 2 unspecified atom stereocenters. The summed E-state index contributed by atoms with van der Waals surface area (Å²) in [4.78, 5) is 16.1. The fraction of sp³-hybridized carbons (Fsp3) is 0.308. The van der Waals surface area contributed by atoms with Crippen LogP contribution in [0.25, 0.3) is 11.1 Å². The second kappa shape index (κ2) is 11.6. The van der Waals surface area contributed by atoms with Gasteiger partial charge in [-0.3, -0.25) is 4.79 Å². The Morgan fingerprint density at radius 1 is 0.969 bits per heavy atom. The monoisotopic (exact) mass is 478 g/mol. The van der Waals surface area contributed by atoms with Gasteiger partial charge in [-0.15, -0.1) is 11.8 Å². The highest BCUT2D eigenvalue weighted by Gasteiger charge is 2.30. The molecule has 1 fully saturated rings. The average molecular weight is 479 g/mol. The molecular weight excluding hydrogens is 453 g/mol. The number of hydrogen-bond acceptors (Lipinski definition) is 5. The minimum Gasteiger partial charge on any atom is -0.343 e. The highest BCUT2D eigenvalue weighted by atomic mass is 32.2. The molecule has 2 atom stereocenters. The SMILES string of the molecule is N#CCNC(=O)C1CCCCC1CSc1ccc(Sc2ccc(-c3ccsc3)cc2)cc1. The van der Waals surface area contributed by atoms with Crippen LogP contribution in [0.15, 0.2) is 80.0 Å². The van der Waals surface area contributed by atoms with E-state index in [4.69, 9.17) is 5.26 Å². The van der Waals surface area contributed by atoms with Gasteiger partial charge in [0, 0.05) is 26.4 Å². The van der Waals surface area contributed by atoms with Crippen molar-refractivity contribution in [1.29, 1.82) is 5.26 Å². The molecule has 4 rings (SSSR count). The molecule has 0 spiro atoms. The molecule has 0 radical (unpaired) electrons. The van der Waals surface area contributed by atoms with Crippen LogP contribution in [0.1, 0.15) is 25.7 Å². The molecule has 3 nitrogen and oxygen atoms in total. The predicted octanol–water partition coefficient (Wildman–Crippen LogP) is 7.10. The van der Waals surface area contributed by atoms with Gasteiger partial charge in [-0.25, -0.2) is 0 Å². The van der Waals surface area contributed by atoms with Crippen molar-refractivity contribution < 1.29 is 4.79 Å². The Labute approximate surface area is 202 Å². The predicted molar refractivity (Wildman–Crippen MR) is 135 cm³/mol. The van der Waals surface area contributed by atoms with Crippen LogP contribution in [0, 0.1) is 23.2 Å². The zero-order chi connectivity index (χ0) is 22.2. The summed E-state index contributed by atoms with van der Waals surface area (Å²) in [6.45, 7) is 0.102. The minimum absolute atomic E-state index is 0.0384. The number of carbonyl (C=O) groups is 1. The molecule has 1 amide bonds. The van der Waals surface area contributed by atoms with Crippen molar-refractivity contribution in [3.05, 3.63) is 65.4 Å². The molecule has 1 saturated carbocycles. The highest BCUT2D eigenvalue weighted by molar-refractivity contribution is 7.99. The summed E-state index contributed by atoms with van der Waals surface area (Å²) < 4.78 is 0. The van der Waals surface area contributed by atoms with Crippen LogP contribution in [-0.2, 0) is 4.79 Å². The number of carbonyl (C=O) groups excluding carboxylic acids is 1. The Bertz CT molecular complexity index is 1040. The van der Waals surface area contributed by atoms with E-state index in [1.165, 1.54) is 32.2 Å². The number of rotatable bonds is 8. The molecule has 164 valence electrons. The molecular formula is C26H26N2OS3. The van der Waals surface area contributed by atoms with Crippen molar-refractivity contribution in [2.75, 3.05) is 12.3 Å².